The van der Waals surface area contributed by atoms with Gasteiger partial charge in [0.25, 0.3) is 0 Å². The monoisotopic (exact) mass is 290 g/mol. The van der Waals surface area contributed by atoms with E-state index in [0.717, 1.165) is 30.1 Å². The minimum Gasteiger partial charge on any atom is -0.103 e. The molecule has 122 valence electrons. The van der Waals surface area contributed by atoms with Crippen molar-refractivity contribution in [1.82, 2.24) is 0 Å². The van der Waals surface area contributed by atoms with Crippen LogP contribution in [0.2, 0.25) is 0 Å². The van der Waals surface area contributed by atoms with E-state index in [0.29, 0.717) is 5.41 Å². The molecule has 0 N–H and O–H groups in total. The van der Waals surface area contributed by atoms with Crippen LogP contribution in [-0.4, -0.2) is 0 Å². The van der Waals surface area contributed by atoms with Gasteiger partial charge in [-0.15, -0.1) is 6.58 Å². The summed E-state index contributed by atoms with van der Waals surface area (Å²) in [4.78, 5) is 0. The molecule has 4 unspecified atom stereocenters. The van der Waals surface area contributed by atoms with Gasteiger partial charge in [0, 0.05) is 0 Å². The predicted molar refractivity (Wildman–Crippen MR) is 96.4 cm³/mol. The molecule has 0 aromatic carbocycles. The van der Waals surface area contributed by atoms with Crippen LogP contribution < -0.4 is 0 Å². The van der Waals surface area contributed by atoms with Crippen LogP contribution in [0.1, 0.15) is 80.1 Å². The fourth-order valence-corrected chi connectivity index (χ4v) is 4.82. The van der Waals surface area contributed by atoms with Crippen LogP contribution in [0.25, 0.3) is 0 Å². The van der Waals surface area contributed by atoms with Gasteiger partial charge in [0.15, 0.2) is 0 Å². The molecule has 2 aliphatic rings. The molecule has 2 aliphatic carbocycles. The Balaban J connectivity index is 0.000000240. The second kappa shape index (κ2) is 8.20. The second-order valence-electron chi connectivity index (χ2n) is 7.85. The van der Waals surface area contributed by atoms with Gasteiger partial charge in [-0.3, -0.25) is 0 Å². The van der Waals surface area contributed by atoms with Crippen LogP contribution in [0.3, 0.4) is 0 Å². The van der Waals surface area contributed by atoms with Crippen LogP contribution in [0.5, 0.6) is 0 Å². The molecule has 0 bridgehead atoms. The van der Waals surface area contributed by atoms with Gasteiger partial charge < -0.3 is 0 Å². The SMILES string of the molecule is C=CCC/C(C)=C/C.CCC1C2CCCC2C(C)(C)C1C. The number of allylic oxidation sites excluding steroid dienone is 3. The molecule has 4 atom stereocenters. The first kappa shape index (κ1) is 18.5. The Labute approximate surface area is 134 Å². The third-order valence-corrected chi connectivity index (χ3v) is 6.60. The molecule has 2 fully saturated rings. The maximum Gasteiger partial charge on any atom is -0.0289 e. The quantitative estimate of drug-likeness (QED) is 0.488. The van der Waals surface area contributed by atoms with Gasteiger partial charge in [-0.2, -0.15) is 0 Å². The first-order valence-corrected chi connectivity index (χ1v) is 9.12. The van der Waals surface area contributed by atoms with Gasteiger partial charge in [-0.05, 0) is 68.6 Å². The van der Waals surface area contributed by atoms with Crippen LogP contribution in [0, 0.1) is 29.1 Å². The van der Waals surface area contributed by atoms with Gasteiger partial charge in [-0.25, -0.2) is 0 Å². The lowest BCUT2D eigenvalue weighted by atomic mass is 9.74. The molecule has 0 heteroatoms. The lowest BCUT2D eigenvalue weighted by Crippen LogP contribution is -2.24. The fourth-order valence-electron chi connectivity index (χ4n) is 4.82. The van der Waals surface area contributed by atoms with Gasteiger partial charge in [-0.1, -0.05) is 58.3 Å². The molecule has 2 saturated carbocycles. The molecule has 0 saturated heterocycles. The van der Waals surface area contributed by atoms with E-state index < -0.39 is 0 Å². The van der Waals surface area contributed by atoms with Crippen molar-refractivity contribution in [3.8, 4) is 0 Å². The zero-order valence-corrected chi connectivity index (χ0v) is 15.4. The molecule has 0 spiro atoms. The summed E-state index contributed by atoms with van der Waals surface area (Å²) in [5.74, 6) is 4.11. The van der Waals surface area contributed by atoms with Crippen molar-refractivity contribution >= 4 is 0 Å². The minimum absolute atomic E-state index is 0.627. The Morgan fingerprint density at radius 2 is 1.95 bits per heavy atom. The summed E-state index contributed by atoms with van der Waals surface area (Å²) in [5, 5.41) is 0. The summed E-state index contributed by atoms with van der Waals surface area (Å²) in [6, 6.07) is 0. The van der Waals surface area contributed by atoms with E-state index in [4.69, 9.17) is 0 Å². The number of hydrogen-bond acceptors (Lipinski definition) is 0. The summed E-state index contributed by atoms with van der Waals surface area (Å²) in [6.07, 6.45) is 12.3. The van der Waals surface area contributed by atoms with Crippen LogP contribution in [-0.2, 0) is 0 Å². The van der Waals surface area contributed by atoms with E-state index in [2.05, 4.69) is 54.2 Å². The van der Waals surface area contributed by atoms with Crippen LogP contribution >= 0.6 is 0 Å². The predicted octanol–water partition coefficient (Wildman–Crippen LogP) is 7.02. The minimum atomic E-state index is 0.627. The Bertz CT molecular complexity index is 347. The molecular weight excluding hydrogens is 252 g/mol. The normalized spacial score (nSPS) is 34.1. The molecule has 2 rings (SSSR count). The van der Waals surface area contributed by atoms with E-state index in [-0.39, 0.29) is 0 Å². The number of hydrogen-bond donors (Lipinski definition) is 0. The zero-order chi connectivity index (χ0) is 16.0. The smallest absolute Gasteiger partial charge is 0.0289 e. The second-order valence-corrected chi connectivity index (χ2v) is 7.85. The van der Waals surface area contributed by atoms with E-state index >= 15 is 0 Å². The number of fused-ring (bicyclic) bond motifs is 1. The largest absolute Gasteiger partial charge is 0.103 e. The molecule has 21 heavy (non-hydrogen) atoms. The maximum atomic E-state index is 3.64. The standard InChI is InChI=1S/C13H24.C8H14/c1-5-10-9(2)13(3,4)12-8-6-7-11(10)12;1-4-6-7-8(3)5-2/h9-12H,5-8H2,1-4H3;4-5H,1,6-7H2,2-3H3/b;8-5+. The topological polar surface area (TPSA) is 0 Å². The molecular formula is C21H38. The average Bonchev–Trinajstić information content (AvgIpc) is 3.01. The Hall–Kier alpha value is -0.520. The Kier molecular flexibility index (Phi) is 7.24. The molecule has 0 aromatic heterocycles. The first-order valence-electron chi connectivity index (χ1n) is 9.12. The molecule has 0 heterocycles. The van der Waals surface area contributed by atoms with Gasteiger partial charge in [0.2, 0.25) is 0 Å². The van der Waals surface area contributed by atoms with Crippen molar-refractivity contribution in [3.05, 3.63) is 24.3 Å². The van der Waals surface area contributed by atoms with Gasteiger partial charge in [0.05, 0.1) is 0 Å². The third kappa shape index (κ3) is 4.24. The van der Waals surface area contributed by atoms with Gasteiger partial charge in [0.1, 0.15) is 0 Å². The molecule has 0 nitrogen and oxygen atoms in total. The Morgan fingerprint density at radius 1 is 1.29 bits per heavy atom. The maximum absolute atomic E-state index is 3.64. The first-order chi connectivity index (χ1) is 9.89. The van der Waals surface area contributed by atoms with Gasteiger partial charge >= 0.3 is 0 Å². The van der Waals surface area contributed by atoms with Crippen molar-refractivity contribution in [1.29, 1.82) is 0 Å². The molecule has 0 aliphatic heterocycles. The van der Waals surface area contributed by atoms with Crippen molar-refractivity contribution in [2.75, 3.05) is 0 Å². The Morgan fingerprint density at radius 3 is 2.48 bits per heavy atom. The highest BCUT2D eigenvalue weighted by Gasteiger charge is 2.53. The summed E-state index contributed by atoms with van der Waals surface area (Å²) >= 11 is 0. The fraction of sp³-hybridized carbons (Fsp3) is 0.810. The van der Waals surface area contributed by atoms with E-state index in [9.17, 15) is 0 Å². The zero-order valence-electron chi connectivity index (χ0n) is 15.4. The molecule has 0 aromatic rings. The van der Waals surface area contributed by atoms with Crippen molar-refractivity contribution < 1.29 is 0 Å². The third-order valence-electron chi connectivity index (χ3n) is 6.60. The molecule has 0 radical (unpaired) electrons. The van der Waals surface area contributed by atoms with Crippen LogP contribution in [0.15, 0.2) is 24.3 Å². The van der Waals surface area contributed by atoms with Crippen molar-refractivity contribution in [2.24, 2.45) is 29.1 Å². The highest BCUT2D eigenvalue weighted by molar-refractivity contribution is 5.02. The van der Waals surface area contributed by atoms with Crippen molar-refractivity contribution in [2.45, 2.75) is 80.1 Å². The lowest BCUT2D eigenvalue weighted by Gasteiger charge is -2.31. The molecule has 0 amide bonds. The summed E-state index contributed by atoms with van der Waals surface area (Å²) < 4.78 is 0. The number of rotatable bonds is 4. The summed E-state index contributed by atoms with van der Waals surface area (Å²) in [7, 11) is 0. The highest BCUT2D eigenvalue weighted by Crippen LogP contribution is 2.60. The highest BCUT2D eigenvalue weighted by atomic mass is 14.6. The van der Waals surface area contributed by atoms with E-state index in [1.54, 1.807) is 0 Å². The summed E-state index contributed by atoms with van der Waals surface area (Å²) in [6.45, 7) is 17.7. The summed E-state index contributed by atoms with van der Waals surface area (Å²) in [5.41, 5.74) is 2.08. The van der Waals surface area contributed by atoms with Crippen molar-refractivity contribution in [3.63, 3.8) is 0 Å². The average molecular weight is 291 g/mol. The lowest BCUT2D eigenvalue weighted by molar-refractivity contribution is 0.178. The van der Waals surface area contributed by atoms with Crippen LogP contribution in [0.4, 0.5) is 0 Å². The van der Waals surface area contributed by atoms with E-state index in [1.807, 2.05) is 6.08 Å². The van der Waals surface area contributed by atoms with E-state index in [1.165, 1.54) is 37.7 Å².